The first-order valence-electron chi connectivity index (χ1n) is 10.9. The Morgan fingerprint density at radius 2 is 2.00 bits per heavy atom. The van der Waals surface area contributed by atoms with Gasteiger partial charge in [-0.25, -0.2) is 4.98 Å². The number of Topliss-reactive ketones (excluding diaryl/α,β-unsaturated/α-hetero) is 1. The summed E-state index contributed by atoms with van der Waals surface area (Å²) in [6.07, 6.45) is 3.59. The van der Waals surface area contributed by atoms with Crippen molar-refractivity contribution in [1.82, 2.24) is 14.9 Å². The van der Waals surface area contributed by atoms with Gasteiger partial charge < -0.3 is 10.1 Å². The number of rotatable bonds is 9. The first-order chi connectivity index (χ1) is 16.5. The molecule has 0 spiro atoms. The van der Waals surface area contributed by atoms with Gasteiger partial charge >= 0.3 is 0 Å². The average molecular weight is 542 g/mol. The fourth-order valence-electron chi connectivity index (χ4n) is 3.71. The first-order valence-corrected chi connectivity index (χ1v) is 12.7. The van der Waals surface area contributed by atoms with Crippen molar-refractivity contribution < 1.29 is 14.3 Å². The van der Waals surface area contributed by atoms with E-state index in [0.717, 1.165) is 23.9 Å². The molecule has 1 aliphatic heterocycles. The second-order valence-corrected chi connectivity index (χ2v) is 9.75. The number of fused-ring (bicyclic) bond motifs is 1. The van der Waals surface area contributed by atoms with Crippen molar-refractivity contribution in [1.29, 1.82) is 0 Å². The lowest BCUT2D eigenvalue weighted by Gasteiger charge is -2.13. The number of hydrogen-bond acceptors (Lipinski definition) is 6. The van der Waals surface area contributed by atoms with E-state index in [0.29, 0.717) is 33.7 Å². The molecule has 9 heteroatoms. The van der Waals surface area contributed by atoms with E-state index in [1.54, 1.807) is 36.4 Å². The Labute approximate surface area is 209 Å². The third-order valence-corrected chi connectivity index (χ3v) is 7.01. The van der Waals surface area contributed by atoms with Crippen LogP contribution in [0, 0.1) is 0 Å². The lowest BCUT2D eigenvalue weighted by atomic mass is 10.1. The van der Waals surface area contributed by atoms with Crippen molar-refractivity contribution in [3.63, 3.8) is 0 Å². The molecule has 2 aromatic carbocycles. The maximum Gasteiger partial charge on any atom is 0.262 e. The van der Waals surface area contributed by atoms with Crippen LogP contribution in [0.15, 0.2) is 69.5 Å². The molecule has 1 N–H and O–H groups in total. The molecule has 1 atom stereocenters. The molecule has 0 saturated carbocycles. The lowest BCUT2D eigenvalue weighted by Crippen LogP contribution is -2.31. The van der Waals surface area contributed by atoms with E-state index in [-0.39, 0.29) is 35.7 Å². The molecule has 1 saturated heterocycles. The number of nitrogens with one attached hydrogen (secondary N) is 1. The van der Waals surface area contributed by atoms with Crippen molar-refractivity contribution in [2.75, 3.05) is 18.9 Å². The zero-order valence-electron chi connectivity index (χ0n) is 18.5. The summed E-state index contributed by atoms with van der Waals surface area (Å²) in [6, 6.07) is 12.0. The molecular weight excluding hydrogens is 518 g/mol. The molecule has 176 valence electrons. The average Bonchev–Trinajstić information content (AvgIpc) is 3.37. The number of ether oxygens (including phenoxy) is 1. The summed E-state index contributed by atoms with van der Waals surface area (Å²) in [4.78, 5) is 43.0. The number of nitrogens with zero attached hydrogens (tertiary/aromatic N) is 2. The van der Waals surface area contributed by atoms with Crippen LogP contribution in [-0.2, 0) is 11.3 Å². The summed E-state index contributed by atoms with van der Waals surface area (Å²) in [5.41, 5.74) is 1.17. The Hall–Kier alpha value is -2.75. The molecule has 1 amide bonds. The Kier molecular flexibility index (Phi) is 7.97. The van der Waals surface area contributed by atoms with E-state index in [1.165, 1.54) is 16.3 Å². The van der Waals surface area contributed by atoms with Crippen LogP contribution in [0.4, 0.5) is 0 Å². The number of halogens is 1. The maximum absolute atomic E-state index is 13.1. The summed E-state index contributed by atoms with van der Waals surface area (Å²) < 4.78 is 7.93. The highest BCUT2D eigenvalue weighted by Gasteiger charge is 2.18. The van der Waals surface area contributed by atoms with Crippen LogP contribution >= 0.6 is 27.7 Å². The van der Waals surface area contributed by atoms with Gasteiger partial charge in [-0.05, 0) is 43.2 Å². The molecule has 0 radical (unpaired) electrons. The van der Waals surface area contributed by atoms with Crippen LogP contribution in [0.3, 0.4) is 0 Å². The third kappa shape index (κ3) is 5.65. The number of hydrogen-bond donors (Lipinski definition) is 1. The zero-order chi connectivity index (χ0) is 24.1. The summed E-state index contributed by atoms with van der Waals surface area (Å²) in [5, 5.41) is 3.69. The standard InChI is InChI=1S/C25H24BrN3O4S/c1-2-11-29-24(32)20-10-7-17(23(31)27-14-19-4-3-12-33-19)13-21(20)28-25(29)34-15-22(30)16-5-8-18(26)9-6-16/h2,5-10,13,19H,1,3-4,11-12,14-15H2,(H,27,31)/t19-/m0/s1. The minimum Gasteiger partial charge on any atom is -0.376 e. The maximum atomic E-state index is 13.1. The van der Waals surface area contributed by atoms with Gasteiger partial charge in [-0.2, -0.15) is 0 Å². The summed E-state index contributed by atoms with van der Waals surface area (Å²) in [6.45, 7) is 5.17. The van der Waals surface area contributed by atoms with Crippen LogP contribution < -0.4 is 10.9 Å². The predicted octanol–water partition coefficient (Wildman–Crippen LogP) is 4.23. The quantitative estimate of drug-likeness (QED) is 0.189. The Morgan fingerprint density at radius 3 is 2.71 bits per heavy atom. The minimum atomic E-state index is -0.242. The van der Waals surface area contributed by atoms with Crippen LogP contribution in [-0.4, -0.2) is 46.2 Å². The van der Waals surface area contributed by atoms with E-state index in [2.05, 4.69) is 32.8 Å². The highest BCUT2D eigenvalue weighted by molar-refractivity contribution is 9.10. The Bertz CT molecular complexity index is 1280. The van der Waals surface area contributed by atoms with Gasteiger partial charge in [-0.15, -0.1) is 6.58 Å². The molecule has 3 aromatic rings. The van der Waals surface area contributed by atoms with Gasteiger partial charge in [0.2, 0.25) is 0 Å². The largest absolute Gasteiger partial charge is 0.376 e. The molecule has 0 aliphatic carbocycles. The van der Waals surface area contributed by atoms with Crippen LogP contribution in [0.5, 0.6) is 0 Å². The molecule has 1 aliphatic rings. The van der Waals surface area contributed by atoms with Crippen molar-refractivity contribution in [3.8, 4) is 0 Å². The van der Waals surface area contributed by atoms with Crippen molar-refractivity contribution in [2.24, 2.45) is 0 Å². The fourth-order valence-corrected chi connectivity index (χ4v) is 4.87. The van der Waals surface area contributed by atoms with Crippen molar-refractivity contribution >= 4 is 50.3 Å². The van der Waals surface area contributed by atoms with Crippen LogP contribution in [0.2, 0.25) is 0 Å². The van der Waals surface area contributed by atoms with E-state index in [1.807, 2.05) is 12.1 Å². The molecule has 34 heavy (non-hydrogen) atoms. The highest BCUT2D eigenvalue weighted by atomic mass is 79.9. The van der Waals surface area contributed by atoms with Gasteiger partial charge in [0.25, 0.3) is 11.5 Å². The molecule has 4 rings (SSSR count). The van der Waals surface area contributed by atoms with Crippen molar-refractivity contribution in [2.45, 2.75) is 30.6 Å². The summed E-state index contributed by atoms with van der Waals surface area (Å²) >= 11 is 4.55. The second-order valence-electron chi connectivity index (χ2n) is 7.89. The fraction of sp³-hybridized carbons (Fsp3) is 0.280. The number of benzene rings is 2. The van der Waals surface area contributed by atoms with Gasteiger partial charge in [0.05, 0.1) is 22.8 Å². The molecule has 7 nitrogen and oxygen atoms in total. The van der Waals surface area contributed by atoms with Gasteiger partial charge in [-0.3, -0.25) is 19.0 Å². The number of carbonyl (C=O) groups excluding carboxylic acids is 2. The first kappa shape index (κ1) is 24.4. The van der Waals surface area contributed by atoms with Gasteiger partial charge in [0, 0.05) is 35.3 Å². The topological polar surface area (TPSA) is 90.3 Å². The number of amides is 1. The van der Waals surface area contributed by atoms with Gasteiger partial charge in [0.15, 0.2) is 10.9 Å². The zero-order valence-corrected chi connectivity index (χ0v) is 20.9. The molecule has 1 aromatic heterocycles. The van der Waals surface area contributed by atoms with Gasteiger partial charge in [-0.1, -0.05) is 45.9 Å². The van der Waals surface area contributed by atoms with Crippen molar-refractivity contribution in [3.05, 3.63) is 81.1 Å². The van der Waals surface area contributed by atoms with E-state index >= 15 is 0 Å². The lowest BCUT2D eigenvalue weighted by molar-refractivity contribution is 0.0857. The molecule has 2 heterocycles. The second kappa shape index (κ2) is 11.1. The summed E-state index contributed by atoms with van der Waals surface area (Å²) in [7, 11) is 0. The molecule has 0 bridgehead atoms. The smallest absolute Gasteiger partial charge is 0.262 e. The Balaban J connectivity index is 1.57. The van der Waals surface area contributed by atoms with Crippen LogP contribution in [0.25, 0.3) is 10.9 Å². The molecule has 1 fully saturated rings. The van der Waals surface area contributed by atoms with Crippen LogP contribution in [0.1, 0.15) is 33.6 Å². The number of ketones is 1. The number of carbonyl (C=O) groups is 2. The van der Waals surface area contributed by atoms with Gasteiger partial charge in [0.1, 0.15) is 0 Å². The van der Waals surface area contributed by atoms with E-state index in [9.17, 15) is 14.4 Å². The summed E-state index contributed by atoms with van der Waals surface area (Å²) in [5.74, 6) is -0.188. The Morgan fingerprint density at radius 1 is 1.24 bits per heavy atom. The van der Waals surface area contributed by atoms with E-state index < -0.39 is 0 Å². The monoisotopic (exact) mass is 541 g/mol. The normalized spacial score (nSPS) is 15.4. The van der Waals surface area contributed by atoms with E-state index in [4.69, 9.17) is 4.74 Å². The highest BCUT2D eigenvalue weighted by Crippen LogP contribution is 2.21. The predicted molar refractivity (Wildman–Crippen MR) is 137 cm³/mol. The number of aromatic nitrogens is 2. The SMILES string of the molecule is C=CCn1c(SCC(=O)c2ccc(Br)cc2)nc2cc(C(=O)NC[C@@H]3CCCO3)ccc2c1=O. The number of thioether (sulfide) groups is 1. The molecule has 0 unspecified atom stereocenters. The molecular formula is C25H24BrN3O4S. The minimum absolute atomic E-state index is 0.0416. The third-order valence-electron chi connectivity index (χ3n) is 5.51. The number of allylic oxidation sites excluding steroid dienone is 1.